The summed E-state index contributed by atoms with van der Waals surface area (Å²) in [5.41, 5.74) is 0. The van der Waals surface area contributed by atoms with Gasteiger partial charge in [0.05, 0.1) is 10.9 Å². The summed E-state index contributed by atoms with van der Waals surface area (Å²) in [5, 5.41) is 0. The van der Waals surface area contributed by atoms with Crippen molar-refractivity contribution in [2.45, 2.75) is 14.7 Å². The average Bonchev–Trinajstić information content (AvgIpc) is 2.44. The molecule has 0 nitrogen and oxygen atoms in total. The summed E-state index contributed by atoms with van der Waals surface area (Å²) in [6.45, 7) is 0. The van der Waals surface area contributed by atoms with Crippen molar-refractivity contribution in [2.75, 3.05) is 0 Å². The Morgan fingerprint density at radius 1 is 0.385 bits per heavy atom. The second kappa shape index (κ2) is 8.05. The van der Waals surface area contributed by atoms with Gasteiger partial charge < -0.3 is 12.4 Å². The van der Waals surface area contributed by atoms with Crippen molar-refractivity contribution >= 4 is 10.9 Å². The molecule has 8 heteroatoms. The number of halogens is 7. The van der Waals surface area contributed by atoms with E-state index in [-0.39, 0.29) is 27.1 Å². The van der Waals surface area contributed by atoms with E-state index in [1.165, 1.54) is 0 Å². The van der Waals surface area contributed by atoms with Gasteiger partial charge >= 0.3 is 0 Å². The van der Waals surface area contributed by atoms with Crippen LogP contribution in [0.25, 0.3) is 0 Å². The maximum atomic E-state index is 13.6. The van der Waals surface area contributed by atoms with E-state index in [0.29, 0.717) is 18.2 Å². The van der Waals surface area contributed by atoms with Gasteiger partial charge in [-0.3, -0.25) is 0 Å². The van der Waals surface area contributed by atoms with E-state index in [4.69, 9.17) is 0 Å². The SMILES string of the molecule is Fc1cc(F)cc([S+](c2cc(F)cc(F)c2)c2cc(F)cc(F)c2)c1.[Cl-]. The topological polar surface area (TPSA) is 0 Å². The van der Waals surface area contributed by atoms with Crippen LogP contribution in [0.4, 0.5) is 26.3 Å². The quantitative estimate of drug-likeness (QED) is 0.463. The summed E-state index contributed by atoms with van der Waals surface area (Å²) in [6, 6.07) is 7.62. The molecule has 0 saturated carbocycles. The molecule has 0 amide bonds. The van der Waals surface area contributed by atoms with Crippen molar-refractivity contribution in [3.05, 3.63) is 89.5 Å². The standard InChI is InChI=1S/C18H9F6S.ClH/c19-10-1-11(20)5-16(4-10)25(17-6-12(21)2-13(22)7-17)18-8-14(23)3-15(24)9-18;/h1-9H;1H/q+1;/p-1. The van der Waals surface area contributed by atoms with Crippen molar-refractivity contribution in [3.8, 4) is 0 Å². The van der Waals surface area contributed by atoms with Crippen molar-refractivity contribution in [1.82, 2.24) is 0 Å². The zero-order valence-electron chi connectivity index (χ0n) is 12.8. The molecule has 0 radical (unpaired) electrons. The second-order valence-corrected chi connectivity index (χ2v) is 7.15. The highest BCUT2D eigenvalue weighted by atomic mass is 35.5. The molecule has 0 fully saturated rings. The van der Waals surface area contributed by atoms with Crippen LogP contribution in [-0.2, 0) is 10.9 Å². The Morgan fingerprint density at radius 3 is 0.769 bits per heavy atom. The van der Waals surface area contributed by atoms with E-state index in [9.17, 15) is 26.3 Å². The molecule has 136 valence electrons. The second-order valence-electron chi connectivity index (χ2n) is 5.12. The molecule has 0 spiro atoms. The highest BCUT2D eigenvalue weighted by Gasteiger charge is 2.32. The largest absolute Gasteiger partial charge is 1.00 e. The fraction of sp³-hybridized carbons (Fsp3) is 0. The molecular formula is C18H9ClF6S. The molecule has 0 heterocycles. The van der Waals surface area contributed by atoms with Crippen LogP contribution in [0.2, 0.25) is 0 Å². The molecule has 0 unspecified atom stereocenters. The molecule has 0 saturated heterocycles. The molecule has 0 bridgehead atoms. The third kappa shape index (κ3) is 4.53. The van der Waals surface area contributed by atoms with Gasteiger partial charge in [0.15, 0.2) is 14.7 Å². The van der Waals surface area contributed by atoms with Crippen LogP contribution < -0.4 is 12.4 Å². The Morgan fingerprint density at radius 2 is 0.577 bits per heavy atom. The Balaban J connectivity index is 0.00000243. The lowest BCUT2D eigenvalue weighted by atomic mass is 10.3. The van der Waals surface area contributed by atoms with E-state index in [1.807, 2.05) is 0 Å². The maximum absolute atomic E-state index is 13.6. The first-order valence-electron chi connectivity index (χ1n) is 6.94. The zero-order chi connectivity index (χ0) is 18.1. The minimum absolute atomic E-state index is 0. The molecule has 26 heavy (non-hydrogen) atoms. The van der Waals surface area contributed by atoms with Crippen LogP contribution in [0.5, 0.6) is 0 Å². The molecule has 3 aromatic rings. The van der Waals surface area contributed by atoms with E-state index in [0.717, 1.165) is 36.4 Å². The lowest BCUT2D eigenvalue weighted by molar-refractivity contribution is -0.00000882. The predicted octanol–water partition coefficient (Wildman–Crippen LogP) is 2.62. The van der Waals surface area contributed by atoms with Gasteiger partial charge in [-0.05, 0) is 0 Å². The summed E-state index contributed by atoms with van der Waals surface area (Å²) in [5.74, 6) is -5.49. The van der Waals surface area contributed by atoms with Gasteiger partial charge in [-0.25, -0.2) is 26.3 Å². The molecule has 0 aliphatic heterocycles. The fourth-order valence-corrected chi connectivity index (χ4v) is 4.55. The van der Waals surface area contributed by atoms with Crippen molar-refractivity contribution < 1.29 is 38.7 Å². The van der Waals surface area contributed by atoms with Gasteiger partial charge in [-0.15, -0.1) is 0 Å². The lowest BCUT2D eigenvalue weighted by Crippen LogP contribution is -3.00. The molecule has 0 N–H and O–H groups in total. The summed E-state index contributed by atoms with van der Waals surface area (Å²) in [7, 11) is -1.52. The van der Waals surface area contributed by atoms with E-state index < -0.39 is 45.8 Å². The first-order valence-corrected chi connectivity index (χ1v) is 8.17. The number of hydrogen-bond acceptors (Lipinski definition) is 0. The average molecular weight is 407 g/mol. The Kier molecular flexibility index (Phi) is 6.26. The number of rotatable bonds is 3. The summed E-state index contributed by atoms with van der Waals surface area (Å²) < 4.78 is 81.6. The van der Waals surface area contributed by atoms with Crippen molar-refractivity contribution in [2.24, 2.45) is 0 Å². The van der Waals surface area contributed by atoms with Gasteiger partial charge in [-0.1, -0.05) is 0 Å². The molecule has 0 aromatic heterocycles. The van der Waals surface area contributed by atoms with Crippen molar-refractivity contribution in [3.63, 3.8) is 0 Å². The van der Waals surface area contributed by atoms with E-state index in [1.54, 1.807) is 0 Å². The van der Waals surface area contributed by atoms with Gasteiger partial charge in [0.25, 0.3) is 0 Å². The van der Waals surface area contributed by atoms with E-state index in [2.05, 4.69) is 0 Å². The van der Waals surface area contributed by atoms with Crippen LogP contribution in [0.3, 0.4) is 0 Å². The Bertz CT molecular complexity index is 764. The Hall–Kier alpha value is -2.12. The van der Waals surface area contributed by atoms with Gasteiger partial charge in [0.2, 0.25) is 0 Å². The zero-order valence-corrected chi connectivity index (χ0v) is 14.3. The monoisotopic (exact) mass is 406 g/mol. The van der Waals surface area contributed by atoms with E-state index >= 15 is 0 Å². The summed E-state index contributed by atoms with van der Waals surface area (Å²) >= 11 is 0. The lowest BCUT2D eigenvalue weighted by Gasteiger charge is -2.09. The van der Waals surface area contributed by atoms with Crippen LogP contribution >= 0.6 is 0 Å². The first-order chi connectivity index (χ1) is 11.8. The molecule has 0 aliphatic rings. The highest BCUT2D eigenvalue weighted by molar-refractivity contribution is 7.97. The number of hydrogen-bond donors (Lipinski definition) is 0. The van der Waals surface area contributed by atoms with Gasteiger partial charge in [0, 0.05) is 54.6 Å². The van der Waals surface area contributed by atoms with Crippen LogP contribution in [0.1, 0.15) is 0 Å². The first kappa shape index (κ1) is 20.2. The maximum Gasteiger partial charge on any atom is 0.172 e. The predicted molar refractivity (Wildman–Crippen MR) is 81.2 cm³/mol. The third-order valence-electron chi connectivity index (χ3n) is 3.22. The normalized spacial score (nSPS) is 10.7. The number of benzene rings is 3. The molecule has 3 rings (SSSR count). The molecule has 0 atom stereocenters. The minimum Gasteiger partial charge on any atom is -1.00 e. The third-order valence-corrected chi connectivity index (χ3v) is 5.34. The smallest absolute Gasteiger partial charge is 0.172 e. The highest BCUT2D eigenvalue weighted by Crippen LogP contribution is 2.33. The summed E-state index contributed by atoms with van der Waals surface area (Å²) in [6.07, 6.45) is 0. The molecule has 0 aliphatic carbocycles. The van der Waals surface area contributed by atoms with Crippen LogP contribution in [-0.4, -0.2) is 0 Å². The minimum atomic E-state index is -1.52. The van der Waals surface area contributed by atoms with Crippen LogP contribution in [0.15, 0.2) is 69.3 Å². The molecular weight excluding hydrogens is 398 g/mol. The molecule has 3 aromatic carbocycles. The van der Waals surface area contributed by atoms with Gasteiger partial charge in [0.1, 0.15) is 34.9 Å². The summed E-state index contributed by atoms with van der Waals surface area (Å²) in [4.78, 5) is -0.0208. The van der Waals surface area contributed by atoms with Gasteiger partial charge in [-0.2, -0.15) is 0 Å². The Labute approximate surface area is 154 Å². The van der Waals surface area contributed by atoms with Crippen molar-refractivity contribution in [1.29, 1.82) is 0 Å². The van der Waals surface area contributed by atoms with Crippen LogP contribution in [0, 0.1) is 34.9 Å². The fourth-order valence-electron chi connectivity index (χ4n) is 2.35.